The fourth-order valence-electron chi connectivity index (χ4n) is 1.95. The van der Waals surface area contributed by atoms with E-state index in [1.165, 1.54) is 36.8 Å². The van der Waals surface area contributed by atoms with Crippen molar-refractivity contribution in [1.29, 1.82) is 0 Å². The summed E-state index contributed by atoms with van der Waals surface area (Å²) in [6, 6.07) is 6.52. The highest BCUT2D eigenvalue weighted by Gasteiger charge is 2.07. The van der Waals surface area contributed by atoms with Crippen molar-refractivity contribution in [2.24, 2.45) is 0 Å². The lowest BCUT2D eigenvalue weighted by atomic mass is 10.0. The second-order valence-corrected chi connectivity index (χ2v) is 5.11. The maximum absolute atomic E-state index is 5.93. The molecule has 0 N–H and O–H groups in total. The SMILES string of the molecule is CCCCCCOc1cc(C)ccc1C(C)C. The molecule has 1 nitrogen and oxygen atoms in total. The zero-order valence-electron chi connectivity index (χ0n) is 11.8. The molecule has 1 aromatic carbocycles. The molecule has 0 heterocycles. The number of rotatable bonds is 7. The van der Waals surface area contributed by atoms with Crippen molar-refractivity contribution >= 4 is 0 Å². The third-order valence-electron chi connectivity index (χ3n) is 3.05. The van der Waals surface area contributed by atoms with Crippen LogP contribution in [-0.4, -0.2) is 6.61 Å². The first-order valence-electron chi connectivity index (χ1n) is 6.88. The molecule has 1 heteroatoms. The van der Waals surface area contributed by atoms with Gasteiger partial charge < -0.3 is 4.74 Å². The summed E-state index contributed by atoms with van der Waals surface area (Å²) in [5.41, 5.74) is 2.60. The molecule has 0 amide bonds. The van der Waals surface area contributed by atoms with Crippen molar-refractivity contribution in [3.8, 4) is 5.75 Å². The quantitative estimate of drug-likeness (QED) is 0.598. The van der Waals surface area contributed by atoms with Gasteiger partial charge in [-0.2, -0.15) is 0 Å². The Labute approximate surface area is 106 Å². The standard InChI is InChI=1S/C16H26O/c1-5-6-7-8-11-17-16-12-14(4)9-10-15(16)13(2)3/h9-10,12-13H,5-8,11H2,1-4H3. The number of aryl methyl sites for hydroxylation is 1. The Bertz CT molecular complexity index is 328. The van der Waals surface area contributed by atoms with Crippen molar-refractivity contribution in [2.75, 3.05) is 6.61 Å². The van der Waals surface area contributed by atoms with E-state index in [1.54, 1.807) is 0 Å². The maximum Gasteiger partial charge on any atom is 0.122 e. The van der Waals surface area contributed by atoms with E-state index in [9.17, 15) is 0 Å². The van der Waals surface area contributed by atoms with Crippen LogP contribution in [0.3, 0.4) is 0 Å². The molecule has 0 spiro atoms. The molecule has 0 atom stereocenters. The molecule has 0 aliphatic rings. The van der Waals surface area contributed by atoms with Crippen LogP contribution in [0.5, 0.6) is 5.75 Å². The molecule has 1 aromatic rings. The molecule has 0 unspecified atom stereocenters. The van der Waals surface area contributed by atoms with Crippen molar-refractivity contribution in [2.45, 2.75) is 59.3 Å². The van der Waals surface area contributed by atoms with Crippen LogP contribution < -0.4 is 4.74 Å². The Morgan fingerprint density at radius 1 is 1.12 bits per heavy atom. The molecule has 0 saturated heterocycles. The van der Waals surface area contributed by atoms with E-state index in [2.05, 4.69) is 45.9 Å². The predicted octanol–water partition coefficient (Wildman–Crippen LogP) is 5.08. The van der Waals surface area contributed by atoms with Gasteiger partial charge in [-0.3, -0.25) is 0 Å². The Kier molecular flexibility index (Phi) is 6.10. The van der Waals surface area contributed by atoms with Crippen LogP contribution in [-0.2, 0) is 0 Å². The minimum atomic E-state index is 0.529. The zero-order chi connectivity index (χ0) is 12.7. The molecule has 17 heavy (non-hydrogen) atoms. The average Bonchev–Trinajstić information content (AvgIpc) is 2.28. The van der Waals surface area contributed by atoms with Gasteiger partial charge in [0.05, 0.1) is 6.61 Å². The molecule has 96 valence electrons. The number of unbranched alkanes of at least 4 members (excludes halogenated alkanes) is 3. The van der Waals surface area contributed by atoms with Crippen molar-refractivity contribution < 1.29 is 4.74 Å². The molecule has 0 aromatic heterocycles. The highest BCUT2D eigenvalue weighted by atomic mass is 16.5. The minimum absolute atomic E-state index is 0.529. The van der Waals surface area contributed by atoms with E-state index in [1.807, 2.05) is 0 Å². The van der Waals surface area contributed by atoms with Gasteiger partial charge in [0.1, 0.15) is 5.75 Å². The van der Waals surface area contributed by atoms with E-state index in [0.717, 1.165) is 12.4 Å². The van der Waals surface area contributed by atoms with Crippen LogP contribution >= 0.6 is 0 Å². The molecule has 0 bridgehead atoms. The summed E-state index contributed by atoms with van der Waals surface area (Å²) in [4.78, 5) is 0. The average molecular weight is 234 g/mol. The molecule has 0 aliphatic carbocycles. The normalized spacial score (nSPS) is 10.9. The summed E-state index contributed by atoms with van der Waals surface area (Å²) in [5, 5.41) is 0. The summed E-state index contributed by atoms with van der Waals surface area (Å²) < 4.78 is 5.93. The summed E-state index contributed by atoms with van der Waals surface area (Å²) in [7, 11) is 0. The van der Waals surface area contributed by atoms with Crippen molar-refractivity contribution in [3.63, 3.8) is 0 Å². The Hall–Kier alpha value is -0.980. The van der Waals surface area contributed by atoms with Crippen molar-refractivity contribution in [1.82, 2.24) is 0 Å². The second kappa shape index (κ2) is 7.37. The van der Waals surface area contributed by atoms with Crippen LogP contribution in [0.4, 0.5) is 0 Å². The first-order chi connectivity index (χ1) is 8.15. The maximum atomic E-state index is 5.93. The van der Waals surface area contributed by atoms with Crippen molar-refractivity contribution in [3.05, 3.63) is 29.3 Å². The van der Waals surface area contributed by atoms with Gasteiger partial charge in [0, 0.05) is 0 Å². The lowest BCUT2D eigenvalue weighted by Crippen LogP contribution is -2.01. The molecular formula is C16H26O. The van der Waals surface area contributed by atoms with Crippen LogP contribution in [0.15, 0.2) is 18.2 Å². The van der Waals surface area contributed by atoms with E-state index >= 15 is 0 Å². The van der Waals surface area contributed by atoms with E-state index in [-0.39, 0.29) is 0 Å². The summed E-state index contributed by atoms with van der Waals surface area (Å²) >= 11 is 0. The fraction of sp³-hybridized carbons (Fsp3) is 0.625. The van der Waals surface area contributed by atoms with E-state index in [4.69, 9.17) is 4.74 Å². The summed E-state index contributed by atoms with van der Waals surface area (Å²) in [5.74, 6) is 1.61. The molecule has 0 radical (unpaired) electrons. The van der Waals surface area contributed by atoms with Gasteiger partial charge in [-0.1, -0.05) is 52.2 Å². The smallest absolute Gasteiger partial charge is 0.122 e. The fourth-order valence-corrected chi connectivity index (χ4v) is 1.95. The van der Waals surface area contributed by atoms with Gasteiger partial charge >= 0.3 is 0 Å². The Balaban J connectivity index is 2.53. The second-order valence-electron chi connectivity index (χ2n) is 5.11. The molecular weight excluding hydrogens is 208 g/mol. The largest absolute Gasteiger partial charge is 0.493 e. The van der Waals surface area contributed by atoms with E-state index in [0.29, 0.717) is 5.92 Å². The van der Waals surface area contributed by atoms with Gasteiger partial charge in [-0.25, -0.2) is 0 Å². The van der Waals surface area contributed by atoms with Gasteiger partial charge in [0.2, 0.25) is 0 Å². The third kappa shape index (κ3) is 4.80. The number of hydrogen-bond acceptors (Lipinski definition) is 1. The Morgan fingerprint density at radius 3 is 2.53 bits per heavy atom. The highest BCUT2D eigenvalue weighted by molar-refractivity contribution is 5.39. The van der Waals surface area contributed by atoms with Crippen LogP contribution in [0, 0.1) is 6.92 Å². The first kappa shape index (κ1) is 14.1. The number of hydrogen-bond donors (Lipinski definition) is 0. The Morgan fingerprint density at radius 2 is 1.88 bits per heavy atom. The van der Waals surface area contributed by atoms with Gasteiger partial charge in [0.25, 0.3) is 0 Å². The predicted molar refractivity (Wildman–Crippen MR) is 74.9 cm³/mol. The third-order valence-corrected chi connectivity index (χ3v) is 3.05. The first-order valence-corrected chi connectivity index (χ1v) is 6.88. The number of benzene rings is 1. The molecule has 1 rings (SSSR count). The highest BCUT2D eigenvalue weighted by Crippen LogP contribution is 2.27. The molecule has 0 fully saturated rings. The molecule has 0 saturated carbocycles. The van der Waals surface area contributed by atoms with Gasteiger partial charge in [0.15, 0.2) is 0 Å². The summed E-state index contributed by atoms with van der Waals surface area (Å²) in [6.45, 7) is 9.64. The summed E-state index contributed by atoms with van der Waals surface area (Å²) in [6.07, 6.45) is 5.04. The number of ether oxygens (including phenoxy) is 1. The monoisotopic (exact) mass is 234 g/mol. The van der Waals surface area contributed by atoms with Gasteiger partial charge in [-0.05, 0) is 36.5 Å². The van der Waals surface area contributed by atoms with E-state index < -0.39 is 0 Å². The topological polar surface area (TPSA) is 9.23 Å². The lowest BCUT2D eigenvalue weighted by Gasteiger charge is -2.14. The van der Waals surface area contributed by atoms with Gasteiger partial charge in [-0.15, -0.1) is 0 Å². The van der Waals surface area contributed by atoms with Crippen LogP contribution in [0.25, 0.3) is 0 Å². The zero-order valence-corrected chi connectivity index (χ0v) is 11.8. The van der Waals surface area contributed by atoms with Crippen LogP contribution in [0.2, 0.25) is 0 Å². The minimum Gasteiger partial charge on any atom is -0.493 e. The lowest BCUT2D eigenvalue weighted by molar-refractivity contribution is 0.301. The molecule has 0 aliphatic heterocycles. The van der Waals surface area contributed by atoms with Crippen LogP contribution in [0.1, 0.15) is 63.5 Å².